The molecule has 12 aliphatic rings. The maximum Gasteiger partial charge on any atom is -0.358 e. The molecule has 774 valence electrons. The van der Waals surface area contributed by atoms with Crippen molar-refractivity contribution in [3.05, 3.63) is 89.1 Å². The Balaban J connectivity index is -0.0000000603. The van der Waals surface area contributed by atoms with Gasteiger partial charge >= 0.3 is 329 Å². The first kappa shape index (κ1) is 171. The molecule has 0 aromatic carbocycles. The molecule has 6 nitrogen and oxygen atoms in total. The van der Waals surface area contributed by atoms with Gasteiger partial charge in [-0.2, -0.15) is 0 Å². The van der Waals surface area contributed by atoms with Crippen molar-refractivity contribution in [2.24, 2.45) is 92.0 Å². The number of rotatable bonds is 13. The average molecular weight is 2260 g/mol. The fourth-order valence-corrected chi connectivity index (χ4v) is 17.2. The van der Waals surface area contributed by atoms with Gasteiger partial charge in [-0.25, -0.2) is 0 Å². The Kier molecular flexibility index (Phi) is 168. The first-order valence-corrected chi connectivity index (χ1v) is 54.9. The number of hydrogen-bond donors (Lipinski definition) is 0. The van der Waals surface area contributed by atoms with Gasteiger partial charge in [0, 0.05) is 0 Å². The van der Waals surface area contributed by atoms with Gasteiger partial charge in [0.2, 0.25) is 0 Å². The fraction of sp³-hybridized carbons (Fsp3) is 0.894. The molecule has 0 N–H and O–H groups in total. The van der Waals surface area contributed by atoms with Crippen molar-refractivity contribution in [3.63, 3.8) is 0 Å². The minimum absolute atomic E-state index is 0. The van der Waals surface area contributed by atoms with Crippen molar-refractivity contribution in [3.8, 4) is 0 Å². The summed E-state index contributed by atoms with van der Waals surface area (Å²) in [5.41, 5.74) is 0.605. The Morgan fingerprint density at radius 3 is 0.400 bits per heavy atom. The monoisotopic (exact) mass is 2270 g/mol. The molecule has 0 saturated heterocycles. The molecule has 12 fully saturated rings. The van der Waals surface area contributed by atoms with Crippen molar-refractivity contribution >= 4 is 0 Å². The normalized spacial score (nSPS) is 18.5. The summed E-state index contributed by atoms with van der Waals surface area (Å²) in [7, 11) is 0. The van der Waals surface area contributed by atoms with E-state index in [-0.39, 0.29) is 106 Å². The Morgan fingerprint density at radius 2 is 0.376 bits per heavy atom. The first-order chi connectivity index (χ1) is 53.5. The second kappa shape index (κ2) is 123. The van der Waals surface area contributed by atoms with Gasteiger partial charge in [-0.15, -0.1) is 0 Å². The van der Waals surface area contributed by atoms with Crippen LogP contribution in [0.4, 0.5) is 0 Å². The molecule has 12 heteroatoms. The summed E-state index contributed by atoms with van der Waals surface area (Å²) in [6.45, 7) is 60.2. The van der Waals surface area contributed by atoms with Crippen LogP contribution in [0, 0.1) is 160 Å². The second-order valence-electron chi connectivity index (χ2n) is 40.5. The largest absolute Gasteiger partial charge is 0.358 e. The second-order valence-corrected chi connectivity index (χ2v) is 43.4. The zero-order valence-corrected chi connectivity index (χ0v) is 106. The predicted octanol–water partition coefficient (Wildman–Crippen LogP) is 42.8. The molecule has 125 heavy (non-hydrogen) atoms. The minimum atomic E-state index is 0. The standard InChI is InChI=1S/C6H13N.12C6H12.3C5H11N.2C4H9N.12CH3.6Mo/c1-4-5-6(2,3)7;12*1-6-4-2-3-5-6;1-4-5(2,3)6;1-3-4-5(2)6;1-3-5(6)4-2;1-4(2,3)5;1-3-4(2)5;;;;;;;;;;;;;;;;;;/h4-5H2,1-3H3;12*6H,2-5H2,1H3;4H2,1-3H3;2*5H,3-4H2,1-2H3;1-3H3;4H,3H2,1-2H3;12*1H3;;;;;;/q;;;;;;;;;;;;;;;;;;12*-1;;;;;;. The number of hydrogen-bond acceptors (Lipinski definition) is 6. The van der Waals surface area contributed by atoms with E-state index in [2.05, 4.69) is 208 Å². The van der Waals surface area contributed by atoms with Crippen LogP contribution in [0.2, 0.25) is 0 Å². The van der Waals surface area contributed by atoms with Crippen LogP contribution in [0.25, 0.3) is 0 Å². The topological polar surface area (TPSA) is 74.2 Å². The Labute approximate surface area is 871 Å². The van der Waals surface area contributed by atoms with Gasteiger partial charge in [0.1, 0.15) is 0 Å². The third-order valence-electron chi connectivity index (χ3n) is 25.0. The van der Waals surface area contributed by atoms with Gasteiger partial charge < -0.3 is 89.1 Å². The molecule has 0 spiro atoms. The van der Waals surface area contributed by atoms with Gasteiger partial charge in [0.05, 0.1) is 0 Å². The maximum absolute atomic E-state index is 4.22. The average Bonchev–Trinajstić information content (AvgIpc) is 1.96. The summed E-state index contributed by atoms with van der Waals surface area (Å²) >= 11 is 10.8. The molecule has 12 rings (SSSR count). The van der Waals surface area contributed by atoms with E-state index in [0.29, 0.717) is 18.1 Å². The van der Waals surface area contributed by atoms with E-state index in [1.807, 2.05) is 58.9 Å². The van der Waals surface area contributed by atoms with Crippen molar-refractivity contribution in [1.82, 2.24) is 0 Å². The van der Waals surface area contributed by atoms with Gasteiger partial charge in [0.25, 0.3) is 0 Å². The van der Waals surface area contributed by atoms with Crippen molar-refractivity contribution in [2.75, 3.05) is 0 Å². The van der Waals surface area contributed by atoms with Crippen LogP contribution in [0.5, 0.6) is 0 Å². The van der Waals surface area contributed by atoms with Crippen LogP contribution in [0.1, 0.15) is 547 Å². The Bertz CT molecular complexity index is 1610. The third kappa shape index (κ3) is 142. The van der Waals surface area contributed by atoms with E-state index in [1.54, 1.807) is 58.9 Å². The van der Waals surface area contributed by atoms with Crippen molar-refractivity contribution in [1.29, 1.82) is 0 Å². The summed E-state index contributed by atoms with van der Waals surface area (Å²) in [5.74, 6) is 12.6. The SMILES string of the molecule is CC(C)(C)[N]=[Mo].CC1CCCC1.CC1CCCC1.CC1CCCC1.CC1CCCC1.CC1CCCC1.CC1CCCC1.CC1CCCC1.CC1CCCC1.CC1CCCC1.CC1CCCC1.CC1CCCC1.CC1CCCC1.CCC(C)(C)[N]=[Mo].CCC(C)[N]=[Mo].CCC(CC)[N]=[Mo].CCCC(C)(C)[N]=[Mo].CCCC(C)[N]=[Mo].[CH3-].[CH3-].[CH3-].[CH3-].[CH3-].[CH3-].[CH3-].[CH3-].[CH3-].[CH3-].[CH3-].[CH3-]. The van der Waals surface area contributed by atoms with Gasteiger partial charge in [-0.1, -0.05) is 391 Å². The molecule has 12 saturated carbocycles. The predicted molar refractivity (Wildman–Crippen MR) is 565 cm³/mol. The van der Waals surface area contributed by atoms with Gasteiger partial charge in [0.15, 0.2) is 0 Å². The zero-order chi connectivity index (χ0) is 87.0. The Morgan fingerprint density at radius 1 is 0.224 bits per heavy atom. The third-order valence-corrected chi connectivity index (χ3v) is 31.2. The minimum Gasteiger partial charge on any atom is -0.358 e. The maximum atomic E-state index is 4.22. The quantitative estimate of drug-likeness (QED) is 0.130. The molecular formula is C113H244Mo6N6-12. The van der Waals surface area contributed by atoms with E-state index in [0.717, 1.165) is 77.4 Å². The van der Waals surface area contributed by atoms with Crippen LogP contribution in [-0.4, -0.2) is 34.7 Å². The molecule has 0 aromatic rings. The van der Waals surface area contributed by atoms with Crippen LogP contribution in [0.15, 0.2) is 21.0 Å². The molecule has 0 aliphatic heterocycles. The first-order valence-electron chi connectivity index (χ1n) is 49.5. The van der Waals surface area contributed by atoms with Crippen molar-refractivity contribution in [2.45, 2.75) is 581 Å². The molecule has 0 bridgehead atoms. The van der Waals surface area contributed by atoms with Gasteiger partial charge in [-0.3, -0.25) is 0 Å². The molecular weight excluding hydrogens is 2020 g/mol. The molecule has 0 aromatic heterocycles. The smallest absolute Gasteiger partial charge is 0.358 e. The molecule has 0 heterocycles. The van der Waals surface area contributed by atoms with E-state index >= 15 is 0 Å². The number of nitrogens with zero attached hydrogens (tertiary/aromatic N) is 6. The van der Waals surface area contributed by atoms with Crippen molar-refractivity contribution < 1.29 is 118 Å². The summed E-state index contributed by atoms with van der Waals surface area (Å²) in [6, 6.07) is 1.76. The zero-order valence-electron chi connectivity index (χ0n) is 93.9. The van der Waals surface area contributed by atoms with Crippen LogP contribution in [0.3, 0.4) is 0 Å². The van der Waals surface area contributed by atoms with Crippen LogP contribution >= 0.6 is 0 Å². The summed E-state index contributed by atoms with van der Waals surface area (Å²) < 4.78 is 24.6. The Hall–Kier alpha value is 2.93. The van der Waals surface area contributed by atoms with E-state index in [1.165, 1.54) is 353 Å². The van der Waals surface area contributed by atoms with Crippen LogP contribution < -0.4 is 0 Å². The van der Waals surface area contributed by atoms with E-state index in [9.17, 15) is 0 Å². The van der Waals surface area contributed by atoms with E-state index < -0.39 is 0 Å². The molecule has 2 unspecified atom stereocenters. The summed E-state index contributed by atoms with van der Waals surface area (Å²) in [6.07, 6.45) is 81.0. The van der Waals surface area contributed by atoms with Crippen LogP contribution in [-0.2, 0) is 118 Å². The molecule has 0 amide bonds. The van der Waals surface area contributed by atoms with Gasteiger partial charge in [-0.05, 0) is 71.0 Å². The molecule has 0 radical (unpaired) electrons. The summed E-state index contributed by atoms with van der Waals surface area (Å²) in [4.78, 5) is 0. The molecule has 2 atom stereocenters. The van der Waals surface area contributed by atoms with E-state index in [4.69, 9.17) is 0 Å². The molecule has 12 aliphatic carbocycles. The fourth-order valence-electron chi connectivity index (χ4n) is 15.3. The summed E-state index contributed by atoms with van der Waals surface area (Å²) in [5, 5.41) is 0.